The summed E-state index contributed by atoms with van der Waals surface area (Å²) in [6.07, 6.45) is 0. The number of aliphatic hydroxyl groups excluding tert-OH is 1. The summed E-state index contributed by atoms with van der Waals surface area (Å²) >= 11 is 1.68. The zero-order chi connectivity index (χ0) is 12.5. The maximum Gasteiger partial charge on any atom is 0.0781 e. The van der Waals surface area contributed by atoms with Gasteiger partial charge in [0.05, 0.1) is 6.61 Å². The molecule has 0 fully saturated rings. The molecular weight excluding hydrogens is 240 g/mol. The summed E-state index contributed by atoms with van der Waals surface area (Å²) in [5.41, 5.74) is 3.66. The summed E-state index contributed by atoms with van der Waals surface area (Å²) in [4.78, 5) is 1.05. The average Bonchev–Trinajstić information content (AvgIpc) is 2.78. The Bertz CT molecular complexity index is 697. The van der Waals surface area contributed by atoms with E-state index in [2.05, 4.69) is 43.3 Å². The Labute approximate surface area is 110 Å². The van der Waals surface area contributed by atoms with Crippen LogP contribution < -0.4 is 0 Å². The Kier molecular flexibility index (Phi) is 2.90. The molecule has 1 N–H and O–H groups in total. The van der Waals surface area contributed by atoms with E-state index in [0.717, 1.165) is 4.88 Å². The topological polar surface area (TPSA) is 20.2 Å². The molecule has 0 unspecified atom stereocenters. The molecule has 0 spiro atoms. The molecule has 0 bridgehead atoms. The van der Waals surface area contributed by atoms with Gasteiger partial charge >= 0.3 is 0 Å². The quantitative estimate of drug-likeness (QED) is 0.720. The summed E-state index contributed by atoms with van der Waals surface area (Å²) in [6, 6.07) is 16.7. The van der Waals surface area contributed by atoms with Crippen molar-refractivity contribution in [2.24, 2.45) is 0 Å². The van der Waals surface area contributed by atoms with Crippen LogP contribution in [0.2, 0.25) is 0 Å². The first-order valence-corrected chi connectivity index (χ1v) is 6.80. The highest BCUT2D eigenvalue weighted by molar-refractivity contribution is 7.19. The molecule has 3 rings (SSSR count). The van der Waals surface area contributed by atoms with Crippen LogP contribution in [0.1, 0.15) is 10.4 Å². The summed E-state index contributed by atoms with van der Waals surface area (Å²) in [5, 5.41) is 10.8. The first-order chi connectivity index (χ1) is 8.81. The van der Waals surface area contributed by atoms with E-state index in [-0.39, 0.29) is 6.61 Å². The fourth-order valence-electron chi connectivity index (χ4n) is 2.36. The zero-order valence-electron chi connectivity index (χ0n) is 10.2. The molecule has 0 saturated heterocycles. The second kappa shape index (κ2) is 4.56. The molecule has 0 radical (unpaired) electrons. The van der Waals surface area contributed by atoms with Crippen molar-refractivity contribution in [3.8, 4) is 11.1 Å². The van der Waals surface area contributed by atoms with E-state index in [9.17, 15) is 5.11 Å². The highest BCUT2D eigenvalue weighted by Crippen LogP contribution is 2.39. The van der Waals surface area contributed by atoms with Crippen molar-refractivity contribution in [1.29, 1.82) is 0 Å². The second-order valence-electron chi connectivity index (χ2n) is 4.37. The minimum absolute atomic E-state index is 0.100. The molecule has 18 heavy (non-hydrogen) atoms. The van der Waals surface area contributed by atoms with Crippen LogP contribution >= 0.6 is 11.3 Å². The molecule has 0 aliphatic heterocycles. The van der Waals surface area contributed by atoms with E-state index in [1.165, 1.54) is 26.8 Å². The van der Waals surface area contributed by atoms with E-state index in [1.807, 2.05) is 12.1 Å². The van der Waals surface area contributed by atoms with Gasteiger partial charge in [0.25, 0.3) is 0 Å². The Balaban J connectivity index is 2.37. The molecular formula is C16H14OS. The van der Waals surface area contributed by atoms with E-state index in [4.69, 9.17) is 0 Å². The summed E-state index contributed by atoms with van der Waals surface area (Å²) in [5.74, 6) is 0. The van der Waals surface area contributed by atoms with E-state index >= 15 is 0 Å². The predicted octanol–water partition coefficient (Wildman–Crippen LogP) is 4.37. The lowest BCUT2D eigenvalue weighted by atomic mass is 9.98. The van der Waals surface area contributed by atoms with Crippen molar-refractivity contribution < 1.29 is 5.11 Å². The van der Waals surface area contributed by atoms with Crippen LogP contribution in [0.5, 0.6) is 0 Å². The molecule has 0 aliphatic rings. The first kappa shape index (κ1) is 11.5. The van der Waals surface area contributed by atoms with Crippen LogP contribution in [0.4, 0.5) is 0 Å². The normalized spacial score (nSPS) is 11.0. The third-order valence-electron chi connectivity index (χ3n) is 3.23. The number of rotatable bonds is 2. The van der Waals surface area contributed by atoms with Gasteiger partial charge < -0.3 is 5.11 Å². The lowest BCUT2D eigenvalue weighted by Crippen LogP contribution is -1.86. The molecule has 2 aromatic carbocycles. The first-order valence-electron chi connectivity index (χ1n) is 5.98. The van der Waals surface area contributed by atoms with Crippen molar-refractivity contribution in [2.75, 3.05) is 0 Å². The SMILES string of the molecule is Cc1ccccc1-c1c(CO)sc2ccccc12. The van der Waals surface area contributed by atoms with Gasteiger partial charge in [0.1, 0.15) is 0 Å². The summed E-state index contributed by atoms with van der Waals surface area (Å²) < 4.78 is 1.24. The molecule has 3 aromatic rings. The van der Waals surface area contributed by atoms with Crippen LogP contribution in [-0.2, 0) is 6.61 Å². The van der Waals surface area contributed by atoms with Crippen LogP contribution in [0.3, 0.4) is 0 Å². The third kappa shape index (κ3) is 1.74. The van der Waals surface area contributed by atoms with Crippen molar-refractivity contribution in [2.45, 2.75) is 13.5 Å². The predicted molar refractivity (Wildman–Crippen MR) is 77.9 cm³/mol. The molecule has 1 heterocycles. The Morgan fingerprint density at radius 3 is 2.50 bits per heavy atom. The minimum Gasteiger partial charge on any atom is -0.391 e. The van der Waals surface area contributed by atoms with Gasteiger partial charge in [0.15, 0.2) is 0 Å². The Hall–Kier alpha value is -1.64. The maximum absolute atomic E-state index is 9.58. The number of hydrogen-bond acceptors (Lipinski definition) is 2. The van der Waals surface area contributed by atoms with Gasteiger partial charge in [-0.1, -0.05) is 42.5 Å². The van der Waals surface area contributed by atoms with Gasteiger partial charge in [-0.2, -0.15) is 0 Å². The molecule has 0 amide bonds. The van der Waals surface area contributed by atoms with Crippen molar-refractivity contribution >= 4 is 21.4 Å². The maximum atomic E-state index is 9.58. The monoisotopic (exact) mass is 254 g/mol. The largest absolute Gasteiger partial charge is 0.391 e. The van der Waals surface area contributed by atoms with Crippen LogP contribution in [0.25, 0.3) is 21.2 Å². The van der Waals surface area contributed by atoms with Crippen LogP contribution in [0.15, 0.2) is 48.5 Å². The highest BCUT2D eigenvalue weighted by Gasteiger charge is 2.14. The van der Waals surface area contributed by atoms with Gasteiger partial charge in [-0.05, 0) is 24.1 Å². The molecule has 1 nitrogen and oxygen atoms in total. The Morgan fingerprint density at radius 1 is 1.00 bits per heavy atom. The fraction of sp³-hybridized carbons (Fsp3) is 0.125. The van der Waals surface area contributed by atoms with Crippen LogP contribution in [0, 0.1) is 6.92 Å². The highest BCUT2D eigenvalue weighted by atomic mass is 32.1. The van der Waals surface area contributed by atoms with Gasteiger partial charge in [-0.3, -0.25) is 0 Å². The number of benzene rings is 2. The average molecular weight is 254 g/mol. The lowest BCUT2D eigenvalue weighted by Gasteiger charge is -2.06. The molecule has 1 aromatic heterocycles. The van der Waals surface area contributed by atoms with Crippen molar-refractivity contribution in [3.63, 3.8) is 0 Å². The number of fused-ring (bicyclic) bond motifs is 1. The van der Waals surface area contributed by atoms with Crippen molar-refractivity contribution in [1.82, 2.24) is 0 Å². The molecule has 0 aliphatic carbocycles. The fourth-order valence-corrected chi connectivity index (χ4v) is 3.43. The standard InChI is InChI=1S/C16H14OS/c1-11-6-2-3-7-12(11)16-13-8-4-5-9-14(13)18-15(16)10-17/h2-9,17H,10H2,1H3. The van der Waals surface area contributed by atoms with E-state index in [0.29, 0.717) is 0 Å². The van der Waals surface area contributed by atoms with Gasteiger partial charge in [-0.15, -0.1) is 11.3 Å². The van der Waals surface area contributed by atoms with Crippen LogP contribution in [-0.4, -0.2) is 5.11 Å². The smallest absolute Gasteiger partial charge is 0.0781 e. The Morgan fingerprint density at radius 2 is 1.72 bits per heavy atom. The van der Waals surface area contributed by atoms with Crippen molar-refractivity contribution in [3.05, 3.63) is 59.0 Å². The molecule has 90 valence electrons. The summed E-state index contributed by atoms with van der Waals surface area (Å²) in [7, 11) is 0. The number of hydrogen-bond donors (Lipinski definition) is 1. The minimum atomic E-state index is 0.100. The van der Waals surface area contributed by atoms with Gasteiger partial charge in [-0.25, -0.2) is 0 Å². The lowest BCUT2D eigenvalue weighted by molar-refractivity contribution is 0.286. The zero-order valence-corrected chi connectivity index (χ0v) is 11.0. The number of thiophene rings is 1. The summed E-state index contributed by atoms with van der Waals surface area (Å²) in [6.45, 7) is 2.21. The number of aryl methyl sites for hydroxylation is 1. The molecule has 0 saturated carbocycles. The third-order valence-corrected chi connectivity index (χ3v) is 4.38. The molecule has 0 atom stereocenters. The van der Waals surface area contributed by atoms with Gasteiger partial charge in [0, 0.05) is 20.5 Å². The van der Waals surface area contributed by atoms with Gasteiger partial charge in [0.2, 0.25) is 0 Å². The molecule has 2 heteroatoms. The van der Waals surface area contributed by atoms with E-state index in [1.54, 1.807) is 11.3 Å². The second-order valence-corrected chi connectivity index (χ2v) is 5.51. The van der Waals surface area contributed by atoms with E-state index < -0.39 is 0 Å². The number of aliphatic hydroxyl groups is 1.